The van der Waals surface area contributed by atoms with Crippen LogP contribution in [0, 0.1) is 0 Å². The second kappa shape index (κ2) is 5.43. The normalized spacial score (nSPS) is 11.4. The van der Waals surface area contributed by atoms with E-state index in [9.17, 15) is 8.42 Å². The van der Waals surface area contributed by atoms with Gasteiger partial charge in [0.25, 0.3) is 0 Å². The number of benzene rings is 1. The molecule has 0 unspecified atom stereocenters. The van der Waals surface area contributed by atoms with Gasteiger partial charge in [0.05, 0.1) is 11.4 Å². The van der Waals surface area contributed by atoms with Crippen molar-refractivity contribution in [1.29, 1.82) is 0 Å². The van der Waals surface area contributed by atoms with Gasteiger partial charge in [-0.1, -0.05) is 29.5 Å². The summed E-state index contributed by atoms with van der Waals surface area (Å²) in [5, 5.41) is 3.50. The Kier molecular flexibility index (Phi) is 3.88. The molecule has 0 radical (unpaired) electrons. The number of nitrogens with two attached hydrogens (primary N) is 1. The Bertz CT molecular complexity index is 683. The predicted molar refractivity (Wildman–Crippen MR) is 70.7 cm³/mol. The molecule has 0 atom stereocenters. The summed E-state index contributed by atoms with van der Waals surface area (Å²) < 4.78 is 30.9. The Morgan fingerprint density at radius 2 is 2.26 bits per heavy atom. The average Bonchev–Trinajstić information content (AvgIpc) is 2.90. The Hall–Kier alpha value is -1.84. The first-order valence-electron chi connectivity index (χ1n) is 5.14. The lowest BCUT2D eigenvalue weighted by Gasteiger charge is -2.06. The molecule has 0 aliphatic rings. The predicted octanol–water partition coefficient (Wildman–Crippen LogP) is 0.182. The third kappa shape index (κ3) is 3.34. The lowest BCUT2D eigenvalue weighted by atomic mass is 10.2. The summed E-state index contributed by atoms with van der Waals surface area (Å²) in [6, 6.07) is 6.05. The van der Waals surface area contributed by atoms with Crippen molar-refractivity contribution in [3.63, 3.8) is 0 Å². The molecule has 3 N–H and O–H groups in total. The van der Waals surface area contributed by atoms with E-state index in [2.05, 4.69) is 19.4 Å². The van der Waals surface area contributed by atoms with Crippen LogP contribution in [0.3, 0.4) is 0 Å². The highest BCUT2D eigenvalue weighted by Crippen LogP contribution is 2.11. The first-order chi connectivity index (χ1) is 8.99. The summed E-state index contributed by atoms with van der Waals surface area (Å²) in [4.78, 5) is 3.92. The van der Waals surface area contributed by atoms with Crippen LogP contribution >= 0.6 is 12.2 Å². The first kappa shape index (κ1) is 13.6. The second-order valence-corrected chi connectivity index (χ2v) is 5.77. The minimum absolute atomic E-state index is 0.0594. The Balaban J connectivity index is 2.19. The molecular weight excluding hydrogens is 288 g/mol. The van der Waals surface area contributed by atoms with Crippen LogP contribution in [0.4, 0.5) is 0 Å². The van der Waals surface area contributed by atoms with E-state index < -0.39 is 10.0 Å². The molecule has 0 saturated carbocycles. The molecule has 0 amide bonds. The molecule has 1 aromatic heterocycles. The number of sulfonamides is 1. The summed E-state index contributed by atoms with van der Waals surface area (Å²) in [7, 11) is -3.68. The molecule has 1 aromatic carbocycles. The number of nitrogens with one attached hydrogen (secondary N) is 1. The van der Waals surface area contributed by atoms with Crippen molar-refractivity contribution in [1.82, 2.24) is 14.9 Å². The molecule has 0 spiro atoms. The molecule has 0 bridgehead atoms. The van der Waals surface area contributed by atoms with Gasteiger partial charge in [-0.3, -0.25) is 0 Å². The Labute approximate surface area is 114 Å². The monoisotopic (exact) mass is 298 g/mol. The Morgan fingerprint density at radius 3 is 2.89 bits per heavy atom. The fourth-order valence-electron chi connectivity index (χ4n) is 1.33. The van der Waals surface area contributed by atoms with E-state index in [1.54, 1.807) is 12.1 Å². The van der Waals surface area contributed by atoms with E-state index >= 15 is 0 Å². The largest absolute Gasteiger partial charge is 0.389 e. The lowest BCUT2D eigenvalue weighted by molar-refractivity contribution is 0.409. The molecule has 0 fully saturated rings. The maximum absolute atomic E-state index is 12.0. The van der Waals surface area contributed by atoms with Gasteiger partial charge >= 0.3 is 0 Å². The topological polar surface area (TPSA) is 111 Å². The van der Waals surface area contributed by atoms with Gasteiger partial charge in [0, 0.05) is 5.56 Å². The number of hydrogen-bond donors (Lipinski definition) is 2. The van der Waals surface area contributed by atoms with Crippen molar-refractivity contribution >= 4 is 27.2 Å². The molecule has 0 aliphatic heterocycles. The van der Waals surface area contributed by atoms with E-state index in [0.29, 0.717) is 5.56 Å². The first-order valence-corrected chi connectivity index (χ1v) is 7.03. The molecule has 19 heavy (non-hydrogen) atoms. The zero-order valence-electron chi connectivity index (χ0n) is 9.61. The summed E-state index contributed by atoms with van der Waals surface area (Å²) in [6.45, 7) is -0.0594. The van der Waals surface area contributed by atoms with Gasteiger partial charge in [-0.15, -0.1) is 0 Å². The van der Waals surface area contributed by atoms with Crippen LogP contribution in [0.25, 0.3) is 0 Å². The van der Waals surface area contributed by atoms with Crippen molar-refractivity contribution in [2.24, 2.45) is 5.73 Å². The van der Waals surface area contributed by atoms with E-state index in [1.165, 1.54) is 12.1 Å². The zero-order chi connectivity index (χ0) is 13.9. The average molecular weight is 298 g/mol. The molecule has 100 valence electrons. The summed E-state index contributed by atoms with van der Waals surface area (Å²) in [5.41, 5.74) is 5.94. The second-order valence-electron chi connectivity index (χ2n) is 3.56. The molecule has 2 aromatic rings. The minimum Gasteiger partial charge on any atom is -0.389 e. The highest BCUT2D eigenvalue weighted by atomic mass is 32.2. The summed E-state index contributed by atoms with van der Waals surface area (Å²) in [5.74, 6) is 0.245. The smallest absolute Gasteiger partial charge is 0.241 e. The highest BCUT2D eigenvalue weighted by molar-refractivity contribution is 7.89. The molecule has 1 heterocycles. The SMILES string of the molecule is NC(=S)c1cccc(S(=O)(=O)NCc2ncon2)c1. The molecular formula is C10H10N4O3S2. The fraction of sp³-hybridized carbons (Fsp3) is 0.100. The van der Waals surface area contributed by atoms with Crippen LogP contribution in [0.15, 0.2) is 40.1 Å². The standard InChI is InChI=1S/C10H10N4O3S2/c11-10(18)7-2-1-3-8(4-7)19(15,16)13-5-9-12-6-17-14-9/h1-4,6,13H,5H2,(H2,11,18). The molecule has 9 heteroatoms. The van der Waals surface area contributed by atoms with Crippen molar-refractivity contribution < 1.29 is 12.9 Å². The number of hydrogen-bond acceptors (Lipinski definition) is 6. The van der Waals surface area contributed by atoms with Crippen molar-refractivity contribution in [3.05, 3.63) is 42.0 Å². The van der Waals surface area contributed by atoms with E-state index in [0.717, 1.165) is 6.39 Å². The summed E-state index contributed by atoms with van der Waals surface area (Å²) in [6.07, 6.45) is 1.12. The molecule has 7 nitrogen and oxygen atoms in total. The zero-order valence-corrected chi connectivity index (χ0v) is 11.2. The van der Waals surface area contributed by atoms with Crippen molar-refractivity contribution in [2.75, 3.05) is 0 Å². The molecule has 2 rings (SSSR count). The van der Waals surface area contributed by atoms with Gasteiger partial charge in [0.2, 0.25) is 16.4 Å². The lowest BCUT2D eigenvalue weighted by Crippen LogP contribution is -2.24. The van der Waals surface area contributed by atoms with Gasteiger partial charge < -0.3 is 10.3 Å². The van der Waals surface area contributed by atoms with Crippen LogP contribution in [0.2, 0.25) is 0 Å². The number of rotatable bonds is 5. The summed E-state index contributed by atoms with van der Waals surface area (Å²) >= 11 is 4.80. The van der Waals surface area contributed by atoms with Crippen LogP contribution in [0.5, 0.6) is 0 Å². The molecule has 0 aliphatic carbocycles. The van der Waals surface area contributed by atoms with Crippen molar-refractivity contribution in [3.8, 4) is 0 Å². The minimum atomic E-state index is -3.68. The quantitative estimate of drug-likeness (QED) is 0.757. The fourth-order valence-corrected chi connectivity index (χ4v) is 2.48. The van der Waals surface area contributed by atoms with Crippen LogP contribution in [0.1, 0.15) is 11.4 Å². The molecule has 0 saturated heterocycles. The number of nitrogens with zero attached hydrogens (tertiary/aromatic N) is 2. The van der Waals surface area contributed by atoms with Crippen LogP contribution < -0.4 is 10.5 Å². The maximum atomic E-state index is 12.0. The van der Waals surface area contributed by atoms with E-state index in [4.69, 9.17) is 18.0 Å². The Morgan fingerprint density at radius 1 is 1.47 bits per heavy atom. The van der Waals surface area contributed by atoms with Crippen LogP contribution in [-0.4, -0.2) is 23.5 Å². The highest BCUT2D eigenvalue weighted by Gasteiger charge is 2.15. The van der Waals surface area contributed by atoms with Gasteiger partial charge in [0.15, 0.2) is 5.82 Å². The number of aromatic nitrogens is 2. The van der Waals surface area contributed by atoms with E-state index in [1.807, 2.05) is 0 Å². The van der Waals surface area contributed by atoms with Crippen LogP contribution in [-0.2, 0) is 16.6 Å². The van der Waals surface area contributed by atoms with E-state index in [-0.39, 0.29) is 22.3 Å². The van der Waals surface area contributed by atoms with Gasteiger partial charge in [-0.2, -0.15) is 4.98 Å². The van der Waals surface area contributed by atoms with Gasteiger partial charge in [-0.25, -0.2) is 13.1 Å². The third-order valence-corrected chi connectivity index (χ3v) is 3.89. The van der Waals surface area contributed by atoms with Gasteiger partial charge in [-0.05, 0) is 12.1 Å². The van der Waals surface area contributed by atoms with Gasteiger partial charge in [0.1, 0.15) is 4.99 Å². The third-order valence-electron chi connectivity index (χ3n) is 2.26. The number of thiocarbonyl (C=S) groups is 1. The van der Waals surface area contributed by atoms with Crippen molar-refractivity contribution in [2.45, 2.75) is 11.4 Å². The maximum Gasteiger partial charge on any atom is 0.241 e.